The maximum Gasteiger partial charge on any atom is 0.407 e. The molecule has 0 spiro atoms. The molecular weight excluding hydrogens is 240 g/mol. The zero-order valence-corrected chi connectivity index (χ0v) is 12.9. The Kier molecular flexibility index (Phi) is 6.63. The fourth-order valence-electron chi connectivity index (χ4n) is 1.93. The van der Waals surface area contributed by atoms with E-state index in [1.165, 1.54) is 12.8 Å². The topological polar surface area (TPSA) is 50.4 Å². The molecule has 0 radical (unpaired) electrons. The van der Waals surface area contributed by atoms with Gasteiger partial charge in [-0.1, -0.05) is 19.8 Å². The van der Waals surface area contributed by atoms with E-state index in [4.69, 9.17) is 4.74 Å². The van der Waals surface area contributed by atoms with E-state index in [0.717, 1.165) is 38.3 Å². The second kappa shape index (κ2) is 7.73. The summed E-state index contributed by atoms with van der Waals surface area (Å²) in [5.74, 6) is 0.869. The highest BCUT2D eigenvalue weighted by molar-refractivity contribution is 5.68. The van der Waals surface area contributed by atoms with Crippen molar-refractivity contribution < 1.29 is 9.53 Å². The number of rotatable bonds is 8. The Labute approximate surface area is 117 Å². The van der Waals surface area contributed by atoms with Gasteiger partial charge in [0.2, 0.25) is 0 Å². The zero-order valence-electron chi connectivity index (χ0n) is 12.9. The van der Waals surface area contributed by atoms with Crippen molar-refractivity contribution in [2.24, 2.45) is 5.92 Å². The van der Waals surface area contributed by atoms with E-state index in [1.54, 1.807) is 0 Å². The summed E-state index contributed by atoms with van der Waals surface area (Å²) in [5.41, 5.74) is -0.430. The largest absolute Gasteiger partial charge is 0.444 e. The molecule has 1 fully saturated rings. The number of carbonyl (C=O) groups excluding carboxylic acids is 1. The van der Waals surface area contributed by atoms with Crippen molar-refractivity contribution in [3.05, 3.63) is 0 Å². The fourth-order valence-corrected chi connectivity index (χ4v) is 1.93. The highest BCUT2D eigenvalue weighted by Gasteiger charge is 2.22. The van der Waals surface area contributed by atoms with Crippen LogP contribution in [-0.4, -0.2) is 30.8 Å². The van der Waals surface area contributed by atoms with E-state index in [1.807, 2.05) is 20.8 Å². The SMILES string of the molecule is CCCCC(CNCC1CC1)NC(=O)OC(C)(C)C. The molecule has 4 nitrogen and oxygen atoms in total. The summed E-state index contributed by atoms with van der Waals surface area (Å²) in [6.45, 7) is 9.76. The highest BCUT2D eigenvalue weighted by Crippen LogP contribution is 2.27. The van der Waals surface area contributed by atoms with Gasteiger partial charge in [-0.2, -0.15) is 0 Å². The van der Waals surface area contributed by atoms with Gasteiger partial charge in [-0.15, -0.1) is 0 Å². The standard InChI is InChI=1S/C15H30N2O2/c1-5-6-7-13(11-16-10-12-8-9-12)17-14(18)19-15(2,3)4/h12-13,16H,5-11H2,1-4H3,(H,17,18). The molecule has 2 N–H and O–H groups in total. The minimum absolute atomic E-state index is 0.175. The highest BCUT2D eigenvalue weighted by atomic mass is 16.6. The van der Waals surface area contributed by atoms with E-state index in [0.29, 0.717) is 0 Å². The molecule has 0 aromatic heterocycles. The summed E-state index contributed by atoms with van der Waals surface area (Å²) >= 11 is 0. The smallest absolute Gasteiger partial charge is 0.407 e. The first-order valence-electron chi connectivity index (χ1n) is 7.61. The average Bonchev–Trinajstić information content (AvgIpc) is 3.06. The molecule has 1 aliphatic rings. The Morgan fingerprint density at radius 1 is 1.37 bits per heavy atom. The lowest BCUT2D eigenvalue weighted by atomic mass is 10.1. The molecule has 1 rings (SSSR count). The summed E-state index contributed by atoms with van der Waals surface area (Å²) in [6, 6.07) is 0.175. The Balaban J connectivity index is 2.27. The van der Waals surface area contributed by atoms with E-state index in [-0.39, 0.29) is 12.1 Å². The molecule has 0 aromatic carbocycles. The minimum atomic E-state index is -0.430. The quantitative estimate of drug-likeness (QED) is 0.712. The average molecular weight is 270 g/mol. The third kappa shape index (κ3) is 8.87. The van der Waals surface area contributed by atoms with Crippen molar-refractivity contribution in [3.8, 4) is 0 Å². The van der Waals surface area contributed by atoms with Crippen molar-refractivity contribution >= 4 is 6.09 Å². The molecule has 0 bridgehead atoms. The molecule has 112 valence electrons. The fraction of sp³-hybridized carbons (Fsp3) is 0.933. The van der Waals surface area contributed by atoms with E-state index < -0.39 is 5.60 Å². The van der Waals surface area contributed by atoms with Crippen LogP contribution in [0.2, 0.25) is 0 Å². The van der Waals surface area contributed by atoms with Crippen LogP contribution in [0.25, 0.3) is 0 Å². The van der Waals surface area contributed by atoms with Gasteiger partial charge in [0.05, 0.1) is 0 Å². The van der Waals surface area contributed by atoms with E-state index in [9.17, 15) is 4.79 Å². The Morgan fingerprint density at radius 3 is 2.58 bits per heavy atom. The number of carbonyl (C=O) groups is 1. The normalized spacial score (nSPS) is 17.1. The lowest BCUT2D eigenvalue weighted by molar-refractivity contribution is 0.0501. The number of hydrogen-bond acceptors (Lipinski definition) is 3. The van der Waals surface area contributed by atoms with E-state index >= 15 is 0 Å². The number of ether oxygens (including phenoxy) is 1. The van der Waals surface area contributed by atoms with Crippen molar-refractivity contribution in [1.82, 2.24) is 10.6 Å². The summed E-state index contributed by atoms with van der Waals surface area (Å²) in [6.07, 6.45) is 5.69. The number of unbranched alkanes of at least 4 members (excludes halogenated alkanes) is 1. The first-order chi connectivity index (χ1) is 8.90. The van der Waals surface area contributed by atoms with Gasteiger partial charge in [-0.3, -0.25) is 0 Å². The van der Waals surface area contributed by atoms with Gasteiger partial charge >= 0.3 is 6.09 Å². The van der Waals surface area contributed by atoms with Crippen molar-refractivity contribution in [3.63, 3.8) is 0 Å². The monoisotopic (exact) mass is 270 g/mol. The lowest BCUT2D eigenvalue weighted by Gasteiger charge is -2.24. The van der Waals surface area contributed by atoms with Gasteiger partial charge in [-0.05, 0) is 52.5 Å². The predicted octanol–water partition coefficient (Wildman–Crippen LogP) is 3.07. The van der Waals surface area contributed by atoms with Gasteiger partial charge in [0, 0.05) is 12.6 Å². The molecule has 1 aliphatic carbocycles. The molecule has 1 unspecified atom stereocenters. The molecule has 1 saturated carbocycles. The van der Waals surface area contributed by atoms with E-state index in [2.05, 4.69) is 17.6 Å². The summed E-state index contributed by atoms with van der Waals surface area (Å²) in [4.78, 5) is 11.8. The lowest BCUT2D eigenvalue weighted by Crippen LogP contribution is -2.44. The number of nitrogens with one attached hydrogen (secondary N) is 2. The summed E-state index contributed by atoms with van der Waals surface area (Å²) < 4.78 is 5.31. The Bertz CT molecular complexity index is 270. The van der Waals surface area contributed by atoms with Gasteiger partial charge in [-0.25, -0.2) is 4.79 Å². The molecule has 4 heteroatoms. The van der Waals surface area contributed by atoms with Crippen molar-refractivity contribution in [1.29, 1.82) is 0 Å². The second-order valence-corrected chi connectivity index (χ2v) is 6.59. The number of hydrogen-bond donors (Lipinski definition) is 2. The second-order valence-electron chi connectivity index (χ2n) is 6.59. The maximum atomic E-state index is 11.8. The molecule has 19 heavy (non-hydrogen) atoms. The third-order valence-corrected chi connectivity index (χ3v) is 3.15. The van der Waals surface area contributed by atoms with Gasteiger partial charge < -0.3 is 15.4 Å². The summed E-state index contributed by atoms with van der Waals surface area (Å²) in [5, 5.41) is 6.43. The van der Waals surface area contributed by atoms with Gasteiger partial charge in [0.15, 0.2) is 0 Å². The first-order valence-corrected chi connectivity index (χ1v) is 7.61. The van der Waals surface area contributed by atoms with Crippen LogP contribution < -0.4 is 10.6 Å². The molecule has 0 saturated heterocycles. The summed E-state index contributed by atoms with van der Waals surface area (Å²) in [7, 11) is 0. The first kappa shape index (κ1) is 16.3. The predicted molar refractivity (Wildman–Crippen MR) is 78.3 cm³/mol. The maximum absolute atomic E-state index is 11.8. The molecule has 1 amide bonds. The molecule has 0 aromatic rings. The minimum Gasteiger partial charge on any atom is -0.444 e. The van der Waals surface area contributed by atoms with Crippen LogP contribution in [0.3, 0.4) is 0 Å². The molecule has 0 aliphatic heterocycles. The molecular formula is C15H30N2O2. The zero-order chi connectivity index (χ0) is 14.3. The van der Waals surface area contributed by atoms with Gasteiger partial charge in [0.25, 0.3) is 0 Å². The van der Waals surface area contributed by atoms with Crippen LogP contribution in [0.1, 0.15) is 59.8 Å². The van der Waals surface area contributed by atoms with Gasteiger partial charge in [0.1, 0.15) is 5.60 Å². The van der Waals surface area contributed by atoms with Crippen molar-refractivity contribution in [2.45, 2.75) is 71.4 Å². The van der Waals surface area contributed by atoms with Crippen LogP contribution in [-0.2, 0) is 4.74 Å². The van der Waals surface area contributed by atoms with Crippen molar-refractivity contribution in [2.75, 3.05) is 13.1 Å². The number of alkyl carbamates (subject to hydrolysis) is 1. The molecule has 0 heterocycles. The van der Waals surface area contributed by atoms with Crippen LogP contribution >= 0.6 is 0 Å². The third-order valence-electron chi connectivity index (χ3n) is 3.15. The van der Waals surface area contributed by atoms with Crippen LogP contribution in [0.5, 0.6) is 0 Å². The Hall–Kier alpha value is -0.770. The number of amides is 1. The Morgan fingerprint density at radius 2 is 2.05 bits per heavy atom. The van der Waals surface area contributed by atoms with Crippen LogP contribution in [0, 0.1) is 5.92 Å². The van der Waals surface area contributed by atoms with Crippen LogP contribution in [0.15, 0.2) is 0 Å². The van der Waals surface area contributed by atoms with Crippen LogP contribution in [0.4, 0.5) is 4.79 Å². The molecule has 1 atom stereocenters.